The van der Waals surface area contributed by atoms with Gasteiger partial charge in [-0.05, 0) is 73.5 Å². The van der Waals surface area contributed by atoms with Crippen LogP contribution in [0.5, 0.6) is 0 Å². The maximum Gasteiger partial charge on any atom is 0.255 e. The van der Waals surface area contributed by atoms with Crippen LogP contribution in [-0.4, -0.2) is 64.7 Å². The van der Waals surface area contributed by atoms with Crippen molar-refractivity contribution < 1.29 is 24.0 Å². The second-order valence-electron chi connectivity index (χ2n) is 14.4. The van der Waals surface area contributed by atoms with Crippen molar-refractivity contribution in [2.45, 2.75) is 90.6 Å². The number of nitrogens with one attached hydrogen (secondary N) is 4. The summed E-state index contributed by atoms with van der Waals surface area (Å²) < 4.78 is 0. The first-order valence-corrected chi connectivity index (χ1v) is 19.3. The summed E-state index contributed by atoms with van der Waals surface area (Å²) in [6, 6.07) is 17.0. The number of anilines is 1. The van der Waals surface area contributed by atoms with Crippen LogP contribution in [0.25, 0.3) is 22.5 Å². The van der Waals surface area contributed by atoms with Gasteiger partial charge in [-0.1, -0.05) is 87.2 Å². The second kappa shape index (κ2) is 19.6. The summed E-state index contributed by atoms with van der Waals surface area (Å²) in [6.07, 6.45) is 8.86. The Morgan fingerprint density at radius 2 is 1.70 bits per heavy atom. The first-order chi connectivity index (χ1) is 26.9. The number of fused-ring (bicyclic) bond motifs is 5. The second-order valence-corrected chi connectivity index (χ2v) is 14.4. The number of aromatic nitrogens is 2. The number of aryl methyl sites for hydroxylation is 3. The highest BCUT2D eigenvalue weighted by molar-refractivity contribution is 6.04. The van der Waals surface area contributed by atoms with Crippen molar-refractivity contribution in [3.8, 4) is 22.5 Å². The molecule has 0 fully saturated rings. The van der Waals surface area contributed by atoms with Crippen LogP contribution in [0.2, 0.25) is 0 Å². The molecule has 5 rings (SSSR count). The van der Waals surface area contributed by atoms with Gasteiger partial charge in [0.15, 0.2) is 5.82 Å². The summed E-state index contributed by atoms with van der Waals surface area (Å²) in [6.45, 7) is 5.57. The lowest BCUT2D eigenvalue weighted by Crippen LogP contribution is -2.49. The minimum atomic E-state index is -1.04. The number of benzene rings is 3. The molecule has 56 heavy (non-hydrogen) atoms. The number of carbonyl (C=O) groups is 5. The molecule has 3 aromatic carbocycles. The summed E-state index contributed by atoms with van der Waals surface area (Å²) in [5, 5.41) is 11.0. The smallest absolute Gasteiger partial charge is 0.255 e. The number of nitrogens with zero attached hydrogens (tertiary/aromatic N) is 2. The van der Waals surface area contributed by atoms with Crippen LogP contribution in [0.4, 0.5) is 5.69 Å². The van der Waals surface area contributed by atoms with Crippen molar-refractivity contribution in [1.29, 1.82) is 0 Å². The van der Waals surface area contributed by atoms with E-state index in [2.05, 4.69) is 50.3 Å². The third-order valence-electron chi connectivity index (χ3n) is 9.89. The summed E-state index contributed by atoms with van der Waals surface area (Å²) in [5.41, 5.74) is 18.2. The molecule has 4 aromatic rings. The van der Waals surface area contributed by atoms with E-state index in [4.69, 9.17) is 11.5 Å². The molecule has 0 aliphatic carbocycles. The van der Waals surface area contributed by atoms with E-state index in [9.17, 15) is 24.0 Å². The molecular weight excluding hydrogens is 709 g/mol. The van der Waals surface area contributed by atoms with Gasteiger partial charge in [0, 0.05) is 23.7 Å². The quantitative estimate of drug-likeness (QED) is 0.102. The molecule has 1 aromatic heterocycles. The highest BCUT2D eigenvalue weighted by atomic mass is 16.2. The average molecular weight is 761 g/mol. The number of carbonyl (C=O) groups excluding carboxylic acids is 5. The van der Waals surface area contributed by atoms with Crippen LogP contribution < -0.4 is 32.7 Å². The van der Waals surface area contributed by atoms with Gasteiger partial charge in [0.05, 0.1) is 29.9 Å². The van der Waals surface area contributed by atoms with Crippen LogP contribution in [0.15, 0.2) is 66.9 Å². The van der Waals surface area contributed by atoms with Crippen molar-refractivity contribution in [3.63, 3.8) is 0 Å². The largest absolute Gasteiger partial charge is 0.368 e. The number of hydrogen-bond acceptors (Lipinski definition) is 8. The van der Waals surface area contributed by atoms with Crippen molar-refractivity contribution in [3.05, 3.63) is 100 Å². The molecule has 8 N–H and O–H groups in total. The molecule has 0 spiro atoms. The Kier molecular flexibility index (Phi) is 14.4. The van der Waals surface area contributed by atoms with Gasteiger partial charge in [-0.2, -0.15) is 0 Å². The summed E-state index contributed by atoms with van der Waals surface area (Å²) >= 11 is 0. The predicted octanol–water partition coefficient (Wildman–Crippen LogP) is 4.21. The van der Waals surface area contributed by atoms with Gasteiger partial charge in [0.1, 0.15) is 12.1 Å². The van der Waals surface area contributed by atoms with Crippen molar-refractivity contribution >= 4 is 35.2 Å². The van der Waals surface area contributed by atoms with E-state index in [-0.39, 0.29) is 43.8 Å². The van der Waals surface area contributed by atoms with E-state index in [1.165, 1.54) is 37.4 Å². The Morgan fingerprint density at radius 1 is 0.929 bits per heavy atom. The molecule has 4 bridgehead atoms. The summed E-state index contributed by atoms with van der Waals surface area (Å²) in [5.74, 6) is -2.16. The number of rotatable bonds is 14. The van der Waals surface area contributed by atoms with Gasteiger partial charge in [0.25, 0.3) is 5.91 Å². The zero-order valence-corrected chi connectivity index (χ0v) is 32.4. The third kappa shape index (κ3) is 11.1. The highest BCUT2D eigenvalue weighted by Crippen LogP contribution is 2.34. The Bertz CT molecular complexity index is 2070. The average Bonchev–Trinajstić information content (AvgIpc) is 3.17. The lowest BCUT2D eigenvalue weighted by atomic mass is 9.93. The lowest BCUT2D eigenvalue weighted by molar-refractivity contribution is -0.128. The zero-order valence-electron chi connectivity index (χ0n) is 32.4. The maximum atomic E-state index is 14.0. The highest BCUT2D eigenvalue weighted by Gasteiger charge is 2.26. The van der Waals surface area contributed by atoms with E-state index in [1.54, 1.807) is 25.1 Å². The fourth-order valence-corrected chi connectivity index (χ4v) is 6.82. The lowest BCUT2D eigenvalue weighted by Gasteiger charge is -2.23. The van der Waals surface area contributed by atoms with Gasteiger partial charge in [-0.25, -0.2) is 9.97 Å². The SMILES string of the molecule is CCCCCCCc1ccc(-c2ncc(C(=O)N[C@@H](CCN)C(=O)Nc3c(C)cc4cc3-c3cccc(c3)CC(=O)NCC(=O)NC(C(N)=O)C4)c(C)n2)cc1. The van der Waals surface area contributed by atoms with E-state index >= 15 is 0 Å². The van der Waals surface area contributed by atoms with Crippen molar-refractivity contribution in [1.82, 2.24) is 25.9 Å². The van der Waals surface area contributed by atoms with Crippen molar-refractivity contribution in [2.75, 3.05) is 18.4 Å². The molecule has 2 heterocycles. The molecule has 13 nitrogen and oxygen atoms in total. The van der Waals surface area contributed by atoms with Crippen LogP contribution in [0, 0.1) is 13.8 Å². The normalized spacial score (nSPS) is 14.8. The van der Waals surface area contributed by atoms with E-state index in [0.29, 0.717) is 45.0 Å². The molecule has 2 atom stereocenters. The molecule has 5 amide bonds. The van der Waals surface area contributed by atoms with E-state index in [1.807, 2.05) is 37.3 Å². The Balaban J connectivity index is 1.36. The van der Waals surface area contributed by atoms with Crippen molar-refractivity contribution in [2.24, 2.45) is 11.5 Å². The number of hydrogen-bond donors (Lipinski definition) is 6. The van der Waals surface area contributed by atoms with E-state index in [0.717, 1.165) is 18.4 Å². The molecule has 294 valence electrons. The molecule has 13 heteroatoms. The van der Waals surface area contributed by atoms with Crippen LogP contribution in [0.3, 0.4) is 0 Å². The molecule has 0 saturated carbocycles. The molecule has 1 aliphatic rings. The Labute approximate surface area is 327 Å². The monoisotopic (exact) mass is 760 g/mol. The van der Waals surface area contributed by atoms with Gasteiger partial charge < -0.3 is 32.7 Å². The summed E-state index contributed by atoms with van der Waals surface area (Å²) in [4.78, 5) is 74.3. The maximum absolute atomic E-state index is 14.0. The minimum absolute atomic E-state index is 0.000975. The first kappa shape index (κ1) is 41.2. The number of amides is 5. The fraction of sp³-hybridized carbons (Fsp3) is 0.372. The standard InChI is InChI=1S/C43H52N8O5/c1-4-5-6-7-8-10-28-13-15-31(16-14-28)41-47-24-34(27(3)48-41)42(55)50-35(17-18-44)43(56)51-39-26(2)19-30-21-33(39)32-12-9-11-29(20-32)23-37(52)46-25-38(53)49-36(22-30)40(45)54/h9,11-16,19-21,24,35-36H,4-8,10,17-18,22-23,25,44H2,1-3H3,(H2,45,54)(H,46,52)(H,49,53)(H,50,55)(H,51,56)/t35-,36?/m0/s1. The molecule has 0 radical (unpaired) electrons. The minimum Gasteiger partial charge on any atom is -0.368 e. The topological polar surface area (TPSA) is 211 Å². The van der Waals surface area contributed by atoms with Crippen LogP contribution in [0.1, 0.15) is 83.8 Å². The predicted molar refractivity (Wildman–Crippen MR) is 216 cm³/mol. The molecule has 1 unspecified atom stereocenters. The van der Waals surface area contributed by atoms with Gasteiger partial charge in [-0.3, -0.25) is 24.0 Å². The van der Waals surface area contributed by atoms with Crippen LogP contribution in [-0.2, 0) is 38.4 Å². The fourth-order valence-electron chi connectivity index (χ4n) is 6.82. The van der Waals surface area contributed by atoms with E-state index < -0.39 is 35.7 Å². The number of primary amides is 1. The summed E-state index contributed by atoms with van der Waals surface area (Å²) in [7, 11) is 0. The Hall–Kier alpha value is -5.95. The van der Waals surface area contributed by atoms with Gasteiger partial charge in [0.2, 0.25) is 23.6 Å². The molecule has 1 aliphatic heterocycles. The van der Waals surface area contributed by atoms with Crippen LogP contribution >= 0.6 is 0 Å². The van der Waals surface area contributed by atoms with Gasteiger partial charge in [-0.15, -0.1) is 0 Å². The number of nitrogens with two attached hydrogens (primary N) is 2. The number of unbranched alkanes of at least 4 members (excludes halogenated alkanes) is 4. The third-order valence-corrected chi connectivity index (χ3v) is 9.89. The Morgan fingerprint density at radius 3 is 2.41 bits per heavy atom. The van der Waals surface area contributed by atoms with Gasteiger partial charge >= 0.3 is 0 Å². The zero-order chi connectivity index (χ0) is 40.2. The first-order valence-electron chi connectivity index (χ1n) is 19.3. The molecule has 0 saturated heterocycles. The molecular formula is C43H52N8O5.